The first-order chi connectivity index (χ1) is 12.1. The average Bonchev–Trinajstić information content (AvgIpc) is 2.64. The topological polar surface area (TPSA) is 67.4 Å². The molecule has 0 spiro atoms. The summed E-state index contributed by atoms with van der Waals surface area (Å²) in [4.78, 5) is 24.2. The monoisotopic (exact) mass is 340 g/mol. The smallest absolute Gasteiger partial charge is 0.255 e. The minimum absolute atomic E-state index is 0.119. The highest BCUT2D eigenvalue weighted by Crippen LogP contribution is 2.16. The molecule has 0 unspecified atom stereocenters. The van der Waals surface area contributed by atoms with Crippen LogP contribution in [0.5, 0.6) is 5.75 Å². The van der Waals surface area contributed by atoms with Gasteiger partial charge in [-0.05, 0) is 61.9 Å². The van der Waals surface area contributed by atoms with Gasteiger partial charge in [0, 0.05) is 23.4 Å². The molecule has 0 heterocycles. The Morgan fingerprint density at radius 3 is 2.04 bits per heavy atom. The first kappa shape index (κ1) is 18.5. The van der Waals surface area contributed by atoms with E-state index in [1.807, 2.05) is 19.1 Å². The van der Waals surface area contributed by atoms with Crippen LogP contribution in [0.3, 0.4) is 0 Å². The van der Waals surface area contributed by atoms with E-state index in [9.17, 15) is 9.59 Å². The largest absolute Gasteiger partial charge is 0.494 e. The molecule has 0 bridgehead atoms. The molecule has 0 radical (unpaired) electrons. The van der Waals surface area contributed by atoms with Gasteiger partial charge in [0.15, 0.2) is 0 Å². The van der Waals surface area contributed by atoms with Gasteiger partial charge in [-0.25, -0.2) is 0 Å². The van der Waals surface area contributed by atoms with Crippen molar-refractivity contribution in [2.24, 2.45) is 0 Å². The van der Waals surface area contributed by atoms with Crippen molar-refractivity contribution < 1.29 is 14.3 Å². The molecule has 0 saturated heterocycles. The number of unbranched alkanes of at least 4 members (excludes halogenated alkanes) is 1. The molecule has 0 aliphatic rings. The Morgan fingerprint density at radius 1 is 0.880 bits per heavy atom. The predicted octanol–water partition coefficient (Wildman–Crippen LogP) is 3.87. The number of anilines is 1. The van der Waals surface area contributed by atoms with Crippen LogP contribution in [0, 0.1) is 0 Å². The third-order valence-electron chi connectivity index (χ3n) is 3.65. The van der Waals surface area contributed by atoms with Crippen molar-refractivity contribution in [3.8, 4) is 5.75 Å². The molecule has 0 aliphatic heterocycles. The molecule has 2 rings (SSSR count). The molecule has 132 valence electrons. The lowest BCUT2D eigenvalue weighted by Crippen LogP contribution is -2.24. The number of nitrogens with one attached hydrogen (secondary N) is 2. The van der Waals surface area contributed by atoms with Gasteiger partial charge < -0.3 is 15.4 Å². The van der Waals surface area contributed by atoms with Crippen molar-refractivity contribution in [1.29, 1.82) is 0 Å². The fraction of sp³-hybridized carbons (Fsp3) is 0.300. The van der Waals surface area contributed by atoms with E-state index in [1.165, 1.54) is 0 Å². The van der Waals surface area contributed by atoms with Gasteiger partial charge >= 0.3 is 0 Å². The molecular weight excluding hydrogens is 316 g/mol. The van der Waals surface area contributed by atoms with Gasteiger partial charge in [0.1, 0.15) is 5.75 Å². The second kappa shape index (κ2) is 9.47. The lowest BCUT2D eigenvalue weighted by molar-refractivity contribution is 0.0951. The van der Waals surface area contributed by atoms with Crippen molar-refractivity contribution in [3.05, 3.63) is 59.7 Å². The average molecular weight is 340 g/mol. The molecule has 0 atom stereocenters. The number of amides is 2. The number of rotatable bonds is 8. The summed E-state index contributed by atoms with van der Waals surface area (Å²) >= 11 is 0. The first-order valence-corrected chi connectivity index (χ1v) is 8.56. The maximum Gasteiger partial charge on any atom is 0.255 e. The second-order valence-electron chi connectivity index (χ2n) is 5.60. The number of hydrogen-bond donors (Lipinski definition) is 2. The van der Waals surface area contributed by atoms with Crippen LogP contribution >= 0.6 is 0 Å². The SMILES string of the molecule is CCCCNC(=O)c1ccc(C(=O)Nc2ccc(OCC)cc2)cc1. The summed E-state index contributed by atoms with van der Waals surface area (Å²) < 4.78 is 5.37. The Morgan fingerprint density at radius 2 is 1.48 bits per heavy atom. The highest BCUT2D eigenvalue weighted by atomic mass is 16.5. The van der Waals surface area contributed by atoms with E-state index >= 15 is 0 Å². The summed E-state index contributed by atoms with van der Waals surface area (Å²) in [6.07, 6.45) is 1.99. The Hall–Kier alpha value is -2.82. The zero-order valence-electron chi connectivity index (χ0n) is 14.7. The molecule has 0 aliphatic carbocycles. The maximum absolute atomic E-state index is 12.3. The molecule has 25 heavy (non-hydrogen) atoms. The third-order valence-corrected chi connectivity index (χ3v) is 3.65. The van der Waals surface area contributed by atoms with Crippen molar-refractivity contribution in [3.63, 3.8) is 0 Å². The summed E-state index contributed by atoms with van der Waals surface area (Å²) in [5.41, 5.74) is 1.74. The summed E-state index contributed by atoms with van der Waals surface area (Å²) in [6, 6.07) is 13.8. The number of hydrogen-bond acceptors (Lipinski definition) is 3. The minimum Gasteiger partial charge on any atom is -0.494 e. The minimum atomic E-state index is -0.220. The van der Waals surface area contributed by atoms with E-state index in [-0.39, 0.29) is 11.8 Å². The Balaban J connectivity index is 1.94. The quantitative estimate of drug-likeness (QED) is 0.717. The standard InChI is InChI=1S/C20H24N2O3/c1-3-5-14-21-19(23)15-6-8-16(9-7-15)20(24)22-17-10-12-18(13-11-17)25-4-2/h6-13H,3-5,14H2,1-2H3,(H,21,23)(H,22,24). The second-order valence-corrected chi connectivity index (χ2v) is 5.60. The third kappa shape index (κ3) is 5.64. The fourth-order valence-corrected chi connectivity index (χ4v) is 2.26. The summed E-state index contributed by atoms with van der Waals surface area (Å²) in [5, 5.41) is 5.68. The first-order valence-electron chi connectivity index (χ1n) is 8.56. The van der Waals surface area contributed by atoms with Gasteiger partial charge in [-0.1, -0.05) is 13.3 Å². The normalized spacial score (nSPS) is 10.2. The van der Waals surface area contributed by atoms with Crippen LogP contribution in [0.25, 0.3) is 0 Å². The van der Waals surface area contributed by atoms with E-state index < -0.39 is 0 Å². The molecule has 2 aromatic rings. The van der Waals surface area contributed by atoms with Crippen LogP contribution in [0.1, 0.15) is 47.4 Å². The molecular formula is C20H24N2O3. The van der Waals surface area contributed by atoms with Gasteiger partial charge in [-0.15, -0.1) is 0 Å². The molecule has 0 fully saturated rings. The number of carbonyl (C=O) groups is 2. The van der Waals surface area contributed by atoms with Crippen LogP contribution in [-0.2, 0) is 0 Å². The van der Waals surface area contributed by atoms with E-state index in [2.05, 4.69) is 17.6 Å². The van der Waals surface area contributed by atoms with Gasteiger partial charge in [0.2, 0.25) is 0 Å². The molecule has 5 heteroatoms. The Bertz CT molecular complexity index is 694. The molecule has 2 amide bonds. The zero-order chi connectivity index (χ0) is 18.1. The highest BCUT2D eigenvalue weighted by molar-refractivity contribution is 6.05. The molecule has 2 aromatic carbocycles. The maximum atomic E-state index is 12.3. The van der Waals surface area contributed by atoms with Gasteiger partial charge in [0.25, 0.3) is 11.8 Å². The van der Waals surface area contributed by atoms with E-state index in [4.69, 9.17) is 4.74 Å². The molecule has 5 nitrogen and oxygen atoms in total. The Kier molecular flexibility index (Phi) is 7.01. The van der Waals surface area contributed by atoms with Gasteiger partial charge in [-0.2, -0.15) is 0 Å². The van der Waals surface area contributed by atoms with Gasteiger partial charge in [0.05, 0.1) is 6.61 Å². The van der Waals surface area contributed by atoms with Crippen LogP contribution in [0.2, 0.25) is 0 Å². The summed E-state index contributed by atoms with van der Waals surface area (Å²) in [6.45, 7) is 5.26. The number of carbonyl (C=O) groups excluding carboxylic acids is 2. The van der Waals surface area contributed by atoms with Crippen LogP contribution < -0.4 is 15.4 Å². The van der Waals surface area contributed by atoms with E-state index in [1.54, 1.807) is 36.4 Å². The lowest BCUT2D eigenvalue weighted by Gasteiger charge is -2.08. The molecule has 2 N–H and O–H groups in total. The van der Waals surface area contributed by atoms with Crippen LogP contribution in [-0.4, -0.2) is 25.0 Å². The fourth-order valence-electron chi connectivity index (χ4n) is 2.26. The number of benzene rings is 2. The molecule has 0 aromatic heterocycles. The Labute approximate surface area is 148 Å². The number of ether oxygens (including phenoxy) is 1. The van der Waals surface area contributed by atoms with E-state index in [0.29, 0.717) is 30.0 Å². The summed E-state index contributed by atoms with van der Waals surface area (Å²) in [7, 11) is 0. The van der Waals surface area contributed by atoms with Crippen molar-refractivity contribution in [2.45, 2.75) is 26.7 Å². The predicted molar refractivity (Wildman–Crippen MR) is 99.2 cm³/mol. The van der Waals surface area contributed by atoms with Crippen molar-refractivity contribution in [2.75, 3.05) is 18.5 Å². The van der Waals surface area contributed by atoms with Crippen molar-refractivity contribution in [1.82, 2.24) is 5.32 Å². The van der Waals surface area contributed by atoms with Crippen LogP contribution in [0.4, 0.5) is 5.69 Å². The lowest BCUT2D eigenvalue weighted by atomic mass is 10.1. The summed E-state index contributed by atoms with van der Waals surface area (Å²) in [5.74, 6) is 0.424. The highest BCUT2D eigenvalue weighted by Gasteiger charge is 2.09. The van der Waals surface area contributed by atoms with Crippen LogP contribution in [0.15, 0.2) is 48.5 Å². The molecule has 0 saturated carbocycles. The van der Waals surface area contributed by atoms with Crippen molar-refractivity contribution >= 4 is 17.5 Å². The zero-order valence-corrected chi connectivity index (χ0v) is 14.7. The van der Waals surface area contributed by atoms with E-state index in [0.717, 1.165) is 18.6 Å². The van der Waals surface area contributed by atoms with Gasteiger partial charge in [-0.3, -0.25) is 9.59 Å².